The maximum absolute atomic E-state index is 13.5. The van der Waals surface area contributed by atoms with E-state index in [2.05, 4.69) is 25.4 Å². The van der Waals surface area contributed by atoms with E-state index in [-0.39, 0.29) is 31.8 Å². The van der Waals surface area contributed by atoms with Crippen molar-refractivity contribution in [1.29, 1.82) is 0 Å². The Labute approximate surface area is 214 Å². The highest BCUT2D eigenvalue weighted by Crippen LogP contribution is 2.36. The second-order valence-electron chi connectivity index (χ2n) is 8.89. The van der Waals surface area contributed by atoms with E-state index in [0.29, 0.717) is 55.5 Å². The smallest absolute Gasteiger partial charge is 0.327 e. The van der Waals surface area contributed by atoms with Crippen LogP contribution in [0.3, 0.4) is 0 Å². The Hall–Kier alpha value is -2.97. The lowest BCUT2D eigenvalue weighted by molar-refractivity contribution is 0.102. The third-order valence-corrected chi connectivity index (χ3v) is 6.51. The van der Waals surface area contributed by atoms with Crippen molar-refractivity contribution in [3.63, 3.8) is 0 Å². The summed E-state index contributed by atoms with van der Waals surface area (Å²) in [6.45, 7) is 3.49. The first-order chi connectivity index (χ1) is 18.9. The number of carbonyl (C=O) groups excluding carboxylic acids is 2. The molecule has 2 aliphatic rings. The van der Waals surface area contributed by atoms with Crippen molar-refractivity contribution >= 4 is 29.1 Å². The molecule has 8 heteroatoms. The van der Waals surface area contributed by atoms with Gasteiger partial charge in [0.1, 0.15) is 0 Å². The summed E-state index contributed by atoms with van der Waals surface area (Å²) in [5.41, 5.74) is 1.32. The summed E-state index contributed by atoms with van der Waals surface area (Å²) in [5, 5.41) is 5.87. The number of hydrogen-bond donors (Lipinski definition) is 2. The Bertz CT molecular complexity index is 1110. The van der Waals surface area contributed by atoms with Crippen LogP contribution in [0.4, 0.5) is 22.0 Å². The van der Waals surface area contributed by atoms with Crippen molar-refractivity contribution in [3.05, 3.63) is 48.2 Å². The van der Waals surface area contributed by atoms with Gasteiger partial charge < -0.3 is 15.5 Å². The Morgan fingerprint density at radius 2 is 2.06 bits per heavy atom. The van der Waals surface area contributed by atoms with Crippen molar-refractivity contribution in [1.82, 2.24) is 20.1 Å². The molecule has 1 aromatic carbocycles. The molecular weight excluding hydrogens is 440 g/mol. The molecule has 2 N–H and O–H groups in total. The van der Waals surface area contributed by atoms with Crippen molar-refractivity contribution in [3.8, 4) is 0 Å². The molecule has 1 saturated heterocycles. The van der Waals surface area contributed by atoms with Crippen molar-refractivity contribution in [2.75, 3.05) is 49.5 Å². The van der Waals surface area contributed by atoms with Crippen LogP contribution >= 0.6 is 0 Å². The number of fused-ring (bicyclic) bond motifs is 2. The van der Waals surface area contributed by atoms with Gasteiger partial charge in [0.15, 0.2) is 5.82 Å². The van der Waals surface area contributed by atoms with E-state index in [1.54, 1.807) is 42.6 Å². The topological polar surface area (TPSA) is 80.8 Å². The SMILES string of the molecule is [2H]CC([2H])CN(CC([2H])C[2H])C[C@H]1CCCCN1CCNC(=O)N1c2ccccc2C(=O)Nc2cccnc21. The zero-order valence-corrected chi connectivity index (χ0v) is 20.2. The van der Waals surface area contributed by atoms with Gasteiger partial charge in [-0.25, -0.2) is 14.7 Å². The number of nitrogens with zero attached hydrogens (tertiary/aromatic N) is 4. The highest BCUT2D eigenvalue weighted by molar-refractivity contribution is 6.16. The van der Waals surface area contributed by atoms with Gasteiger partial charge in [-0.3, -0.25) is 9.69 Å². The molecule has 8 nitrogen and oxygen atoms in total. The van der Waals surface area contributed by atoms with Crippen LogP contribution in [0.5, 0.6) is 0 Å². The van der Waals surface area contributed by atoms with Crippen LogP contribution < -0.4 is 15.5 Å². The quantitative estimate of drug-likeness (QED) is 0.551. The minimum atomic E-state index is -0.534. The average molecular weight is 483 g/mol. The summed E-state index contributed by atoms with van der Waals surface area (Å²) in [6.07, 6.45) is 3.68. The molecule has 0 radical (unpaired) electrons. The molecule has 0 saturated carbocycles. The van der Waals surface area contributed by atoms with Gasteiger partial charge >= 0.3 is 6.03 Å². The van der Waals surface area contributed by atoms with Crippen LogP contribution in [0.1, 0.15) is 61.7 Å². The largest absolute Gasteiger partial charge is 0.336 e. The predicted octanol–water partition coefficient (Wildman–Crippen LogP) is 4.47. The number of piperidine rings is 1. The molecule has 2 aliphatic heterocycles. The number of hydrogen-bond acceptors (Lipinski definition) is 5. The number of anilines is 3. The molecule has 1 fully saturated rings. The molecule has 3 atom stereocenters. The fourth-order valence-corrected chi connectivity index (χ4v) is 4.88. The number of rotatable bonds is 9. The standard InChI is InChI=1S/C27H38N6O2/c1-3-16-31(17-4-2)20-21-10-7-8-18-32(21)19-15-29-27(35)33-24-13-6-5-11-22(24)26(34)30-23-12-9-14-28-25(23)33/h5-6,9,11-14,21H,3-4,7-8,10,15-20H2,1-2H3,(H,29,35)(H,30,34)/t21-/m1/s1/i1D,2D,3D,4D/t3?,4?,21-. The van der Waals surface area contributed by atoms with Gasteiger partial charge in [0, 0.05) is 37.4 Å². The molecule has 0 aliphatic carbocycles. The minimum Gasteiger partial charge on any atom is -0.336 e. The fourth-order valence-electron chi connectivity index (χ4n) is 4.88. The number of carbonyl (C=O) groups is 2. The lowest BCUT2D eigenvalue weighted by atomic mass is 10.0. The molecule has 188 valence electrons. The second-order valence-corrected chi connectivity index (χ2v) is 8.89. The number of benzene rings is 1. The van der Waals surface area contributed by atoms with Crippen LogP contribution in [-0.4, -0.2) is 72.0 Å². The van der Waals surface area contributed by atoms with Crippen molar-refractivity contribution in [2.45, 2.75) is 51.9 Å². The lowest BCUT2D eigenvalue weighted by Crippen LogP contribution is -2.50. The van der Waals surface area contributed by atoms with Gasteiger partial charge in [-0.2, -0.15) is 0 Å². The number of nitrogens with one attached hydrogen (secondary N) is 2. The summed E-state index contributed by atoms with van der Waals surface area (Å²) >= 11 is 0. The van der Waals surface area contributed by atoms with Gasteiger partial charge in [-0.1, -0.05) is 32.4 Å². The van der Waals surface area contributed by atoms with Crippen molar-refractivity contribution < 1.29 is 15.1 Å². The molecular formula is C27H38N6O2. The molecule has 0 spiro atoms. The van der Waals surface area contributed by atoms with E-state index in [1.165, 1.54) is 4.90 Å². The molecule has 1 aromatic heterocycles. The third-order valence-electron chi connectivity index (χ3n) is 6.51. The van der Waals surface area contributed by atoms with Gasteiger partial charge in [-0.15, -0.1) is 0 Å². The normalized spacial score (nSPS) is 21.3. The number of para-hydroxylation sites is 1. The van der Waals surface area contributed by atoms with Crippen LogP contribution in [-0.2, 0) is 0 Å². The first-order valence-electron chi connectivity index (χ1n) is 14.8. The number of aromatic nitrogens is 1. The van der Waals surface area contributed by atoms with Gasteiger partial charge in [0.2, 0.25) is 0 Å². The predicted molar refractivity (Wildman–Crippen MR) is 140 cm³/mol. The van der Waals surface area contributed by atoms with Gasteiger partial charge in [0.05, 0.1) is 16.9 Å². The zero-order chi connectivity index (χ0) is 27.8. The molecule has 2 unspecified atom stereocenters. The van der Waals surface area contributed by atoms with E-state index in [9.17, 15) is 9.59 Å². The molecule has 3 amide bonds. The van der Waals surface area contributed by atoms with Crippen LogP contribution in [0.25, 0.3) is 0 Å². The van der Waals surface area contributed by atoms with Crippen LogP contribution in [0, 0.1) is 0 Å². The number of urea groups is 1. The monoisotopic (exact) mass is 482 g/mol. The summed E-state index contributed by atoms with van der Waals surface area (Å²) in [5.74, 6) is 0.0648. The maximum Gasteiger partial charge on any atom is 0.327 e. The second kappa shape index (κ2) is 12.1. The van der Waals surface area contributed by atoms with E-state index in [1.807, 2.05) is 0 Å². The van der Waals surface area contributed by atoms with E-state index < -0.39 is 12.8 Å². The minimum absolute atomic E-state index is 0.0131. The van der Waals surface area contributed by atoms with E-state index in [4.69, 9.17) is 5.48 Å². The third kappa shape index (κ3) is 6.00. The maximum atomic E-state index is 13.5. The van der Waals surface area contributed by atoms with Crippen LogP contribution in [0.2, 0.25) is 0 Å². The molecule has 35 heavy (non-hydrogen) atoms. The van der Waals surface area contributed by atoms with Gasteiger partial charge in [0.25, 0.3) is 5.91 Å². The molecule has 3 heterocycles. The number of pyridine rings is 1. The first kappa shape index (κ1) is 20.2. The molecule has 4 rings (SSSR count). The van der Waals surface area contributed by atoms with Gasteiger partial charge in [-0.05, 0) is 69.5 Å². The highest BCUT2D eigenvalue weighted by atomic mass is 16.2. The summed E-state index contributed by atoms with van der Waals surface area (Å²) < 4.78 is 31.2. The Morgan fingerprint density at radius 3 is 2.89 bits per heavy atom. The number of likely N-dealkylation sites (tertiary alicyclic amines) is 1. The Balaban J connectivity index is 1.43. The van der Waals surface area contributed by atoms with Crippen molar-refractivity contribution in [2.24, 2.45) is 0 Å². The first-order valence-corrected chi connectivity index (χ1v) is 12.2. The average Bonchev–Trinajstić information content (AvgIpc) is 3.07. The summed E-state index contributed by atoms with van der Waals surface area (Å²) in [6, 6.07) is 10.3. The highest BCUT2D eigenvalue weighted by Gasteiger charge is 2.30. The summed E-state index contributed by atoms with van der Waals surface area (Å²) in [4.78, 5) is 36.6. The number of amides is 3. The van der Waals surface area contributed by atoms with E-state index >= 15 is 0 Å². The summed E-state index contributed by atoms with van der Waals surface area (Å²) in [7, 11) is 0. The molecule has 2 aromatic rings. The van der Waals surface area contributed by atoms with Crippen LogP contribution in [0.15, 0.2) is 42.6 Å². The van der Waals surface area contributed by atoms with E-state index in [0.717, 1.165) is 25.8 Å². The zero-order valence-electron chi connectivity index (χ0n) is 24.2. The molecule has 0 bridgehead atoms. The Morgan fingerprint density at radius 1 is 1.23 bits per heavy atom. The Kier molecular flexibility index (Phi) is 7.02. The fraction of sp³-hybridized carbons (Fsp3) is 0.519. The lowest BCUT2D eigenvalue weighted by Gasteiger charge is -2.39.